The van der Waals surface area contributed by atoms with Crippen LogP contribution in [0.2, 0.25) is 0 Å². The lowest BCUT2D eigenvalue weighted by Crippen LogP contribution is -2.41. The second-order valence-corrected chi connectivity index (χ2v) is 5.61. The lowest BCUT2D eigenvalue weighted by molar-refractivity contribution is -0.132. The molecule has 0 radical (unpaired) electrons. The van der Waals surface area contributed by atoms with Crippen LogP contribution < -0.4 is 0 Å². The Morgan fingerprint density at radius 1 is 1.36 bits per heavy atom. The van der Waals surface area contributed by atoms with Crippen molar-refractivity contribution in [1.82, 2.24) is 14.7 Å². The van der Waals surface area contributed by atoms with Crippen molar-refractivity contribution in [3.05, 3.63) is 53.9 Å². The van der Waals surface area contributed by atoms with E-state index in [-0.39, 0.29) is 11.9 Å². The van der Waals surface area contributed by atoms with Crippen molar-refractivity contribution in [3.8, 4) is 6.07 Å². The molecule has 0 saturated carbocycles. The number of hydrogen-bond acceptors (Lipinski definition) is 3. The number of amides is 1. The average Bonchev–Trinajstić information content (AvgIpc) is 3.10. The zero-order valence-electron chi connectivity index (χ0n) is 12.4. The number of aromatic nitrogens is 2. The van der Waals surface area contributed by atoms with Gasteiger partial charge in [0.15, 0.2) is 0 Å². The Kier molecular flexibility index (Phi) is 4.19. The number of rotatable bonds is 3. The molecule has 1 aliphatic heterocycles. The van der Waals surface area contributed by atoms with Gasteiger partial charge in [-0.15, -0.1) is 0 Å². The minimum atomic E-state index is 0.140. The Morgan fingerprint density at radius 2 is 2.18 bits per heavy atom. The van der Waals surface area contributed by atoms with Crippen molar-refractivity contribution in [2.45, 2.75) is 25.3 Å². The predicted octanol–water partition coefficient (Wildman–Crippen LogP) is 2.16. The van der Waals surface area contributed by atoms with Crippen LogP contribution in [0.4, 0.5) is 0 Å². The maximum Gasteiger partial charge on any atom is 0.227 e. The van der Waals surface area contributed by atoms with E-state index in [0.29, 0.717) is 12.0 Å². The van der Waals surface area contributed by atoms with E-state index in [4.69, 9.17) is 5.26 Å². The molecule has 1 aromatic carbocycles. The second kappa shape index (κ2) is 6.44. The fraction of sp³-hybridized carbons (Fsp3) is 0.353. The number of nitrogens with zero attached hydrogens (tertiary/aromatic N) is 4. The van der Waals surface area contributed by atoms with Gasteiger partial charge in [-0.05, 0) is 36.6 Å². The molecule has 1 atom stereocenters. The van der Waals surface area contributed by atoms with Gasteiger partial charge < -0.3 is 4.90 Å². The lowest BCUT2D eigenvalue weighted by Gasteiger charge is -2.33. The van der Waals surface area contributed by atoms with Crippen molar-refractivity contribution < 1.29 is 4.79 Å². The second-order valence-electron chi connectivity index (χ2n) is 5.61. The van der Waals surface area contributed by atoms with Gasteiger partial charge >= 0.3 is 0 Å². The van der Waals surface area contributed by atoms with Crippen molar-refractivity contribution >= 4 is 5.91 Å². The molecule has 112 valence electrons. The first-order valence-corrected chi connectivity index (χ1v) is 7.52. The van der Waals surface area contributed by atoms with Crippen molar-refractivity contribution in [2.24, 2.45) is 0 Å². The summed E-state index contributed by atoms with van der Waals surface area (Å²) in [5.41, 5.74) is 1.57. The molecule has 5 nitrogen and oxygen atoms in total. The van der Waals surface area contributed by atoms with Crippen LogP contribution in [-0.2, 0) is 11.2 Å². The topological polar surface area (TPSA) is 61.9 Å². The van der Waals surface area contributed by atoms with Crippen LogP contribution in [0.25, 0.3) is 0 Å². The fourth-order valence-corrected chi connectivity index (χ4v) is 2.88. The van der Waals surface area contributed by atoms with E-state index in [1.54, 1.807) is 18.3 Å². The highest BCUT2D eigenvalue weighted by atomic mass is 16.2. The molecular formula is C17H18N4O. The third kappa shape index (κ3) is 3.17. The minimum absolute atomic E-state index is 0.140. The molecule has 2 heterocycles. The largest absolute Gasteiger partial charge is 0.340 e. The molecule has 0 spiro atoms. The van der Waals surface area contributed by atoms with Gasteiger partial charge in [0.05, 0.1) is 24.1 Å². The van der Waals surface area contributed by atoms with E-state index in [0.717, 1.165) is 31.5 Å². The molecule has 5 heteroatoms. The number of hydrogen-bond donors (Lipinski definition) is 0. The van der Waals surface area contributed by atoms with E-state index >= 15 is 0 Å². The fourth-order valence-electron chi connectivity index (χ4n) is 2.88. The number of carbonyl (C=O) groups excluding carboxylic acids is 1. The SMILES string of the molecule is N#Cc1ccc(CC(=O)N2CCC[C@@H](n3cccn3)C2)cc1. The molecule has 1 aliphatic rings. The summed E-state index contributed by atoms with van der Waals surface area (Å²) in [6, 6.07) is 11.5. The molecule has 1 aromatic heterocycles. The Bertz CT molecular complexity index is 670. The molecule has 0 aliphatic carbocycles. The van der Waals surface area contributed by atoms with Gasteiger partial charge in [0.25, 0.3) is 0 Å². The van der Waals surface area contributed by atoms with E-state index in [1.165, 1.54) is 0 Å². The molecule has 0 unspecified atom stereocenters. The van der Waals surface area contributed by atoms with Gasteiger partial charge in [-0.3, -0.25) is 9.48 Å². The van der Waals surface area contributed by atoms with Crippen molar-refractivity contribution in [2.75, 3.05) is 13.1 Å². The average molecular weight is 294 g/mol. The molecule has 1 fully saturated rings. The third-order valence-corrected chi connectivity index (χ3v) is 4.09. The van der Waals surface area contributed by atoms with E-state index in [2.05, 4.69) is 11.2 Å². The minimum Gasteiger partial charge on any atom is -0.340 e. The van der Waals surface area contributed by atoms with Crippen LogP contribution in [0.15, 0.2) is 42.7 Å². The first kappa shape index (κ1) is 14.3. The van der Waals surface area contributed by atoms with E-state index in [9.17, 15) is 4.79 Å². The Labute approximate surface area is 129 Å². The monoisotopic (exact) mass is 294 g/mol. The standard InChI is InChI=1S/C17H18N4O/c18-12-15-6-4-14(5-7-15)11-17(22)20-9-1-3-16(13-20)21-10-2-8-19-21/h2,4-8,10,16H,1,3,9,11,13H2/t16-/m1/s1. The predicted molar refractivity (Wildman–Crippen MR) is 81.9 cm³/mol. The van der Waals surface area contributed by atoms with Crippen molar-refractivity contribution in [1.29, 1.82) is 5.26 Å². The Hall–Kier alpha value is -2.61. The smallest absolute Gasteiger partial charge is 0.227 e. The van der Waals surface area contributed by atoms with Gasteiger partial charge in [-0.25, -0.2) is 0 Å². The van der Waals surface area contributed by atoms with Crippen LogP contribution in [-0.4, -0.2) is 33.7 Å². The van der Waals surface area contributed by atoms with Crippen LogP contribution >= 0.6 is 0 Å². The zero-order chi connectivity index (χ0) is 15.4. The molecule has 0 N–H and O–H groups in total. The van der Waals surface area contributed by atoms with Gasteiger partial charge in [0, 0.05) is 25.5 Å². The first-order valence-electron chi connectivity index (χ1n) is 7.52. The van der Waals surface area contributed by atoms with Crippen LogP contribution in [0.1, 0.15) is 30.0 Å². The third-order valence-electron chi connectivity index (χ3n) is 4.09. The number of piperidine rings is 1. The molecule has 1 saturated heterocycles. The number of carbonyl (C=O) groups is 1. The van der Waals surface area contributed by atoms with Crippen LogP contribution in [0.3, 0.4) is 0 Å². The Balaban J connectivity index is 1.63. The summed E-state index contributed by atoms with van der Waals surface area (Å²) in [4.78, 5) is 14.4. The summed E-state index contributed by atoms with van der Waals surface area (Å²) in [5, 5.41) is 13.1. The van der Waals surface area contributed by atoms with Gasteiger partial charge in [0.2, 0.25) is 5.91 Å². The van der Waals surface area contributed by atoms with E-state index < -0.39 is 0 Å². The molecular weight excluding hydrogens is 276 g/mol. The highest BCUT2D eigenvalue weighted by Gasteiger charge is 2.24. The van der Waals surface area contributed by atoms with E-state index in [1.807, 2.05) is 34.0 Å². The number of benzene rings is 1. The molecule has 1 amide bonds. The normalized spacial score (nSPS) is 18.0. The highest BCUT2D eigenvalue weighted by Crippen LogP contribution is 2.21. The molecule has 0 bridgehead atoms. The van der Waals surface area contributed by atoms with Crippen molar-refractivity contribution in [3.63, 3.8) is 0 Å². The Morgan fingerprint density at radius 3 is 2.86 bits per heavy atom. The van der Waals surface area contributed by atoms with Crippen LogP contribution in [0, 0.1) is 11.3 Å². The molecule has 22 heavy (non-hydrogen) atoms. The zero-order valence-corrected chi connectivity index (χ0v) is 12.4. The maximum atomic E-state index is 12.5. The van der Waals surface area contributed by atoms with Gasteiger partial charge in [-0.1, -0.05) is 12.1 Å². The quantitative estimate of drug-likeness (QED) is 0.871. The van der Waals surface area contributed by atoms with Gasteiger partial charge in [0.1, 0.15) is 0 Å². The first-order chi connectivity index (χ1) is 10.8. The van der Waals surface area contributed by atoms with Gasteiger partial charge in [-0.2, -0.15) is 10.4 Å². The molecule has 2 aromatic rings. The summed E-state index contributed by atoms with van der Waals surface area (Å²) in [6.07, 6.45) is 6.18. The molecule has 3 rings (SSSR count). The summed E-state index contributed by atoms with van der Waals surface area (Å²) in [7, 11) is 0. The number of nitriles is 1. The summed E-state index contributed by atoms with van der Waals surface area (Å²) in [6.45, 7) is 1.53. The maximum absolute atomic E-state index is 12.5. The summed E-state index contributed by atoms with van der Waals surface area (Å²) < 4.78 is 1.95. The highest BCUT2D eigenvalue weighted by molar-refractivity contribution is 5.79. The lowest BCUT2D eigenvalue weighted by atomic mass is 10.0. The number of likely N-dealkylation sites (tertiary alicyclic amines) is 1. The summed E-state index contributed by atoms with van der Waals surface area (Å²) in [5.74, 6) is 0.140. The summed E-state index contributed by atoms with van der Waals surface area (Å²) >= 11 is 0. The van der Waals surface area contributed by atoms with Crippen LogP contribution in [0.5, 0.6) is 0 Å².